The van der Waals surface area contributed by atoms with Crippen molar-refractivity contribution in [3.05, 3.63) is 59.3 Å². The summed E-state index contributed by atoms with van der Waals surface area (Å²) in [7, 11) is 0. The third-order valence-corrected chi connectivity index (χ3v) is 4.86. The maximum absolute atomic E-state index is 12.7. The molecule has 8 heteroatoms. The number of hydrogen-bond acceptors (Lipinski definition) is 5. The molecule has 0 amide bonds. The van der Waals surface area contributed by atoms with Crippen molar-refractivity contribution in [2.24, 2.45) is 0 Å². The van der Waals surface area contributed by atoms with Crippen LogP contribution < -0.4 is 4.90 Å². The van der Waals surface area contributed by atoms with Gasteiger partial charge in [-0.3, -0.25) is 4.90 Å². The van der Waals surface area contributed by atoms with Crippen LogP contribution in [0.3, 0.4) is 0 Å². The molecule has 1 aliphatic rings. The maximum Gasteiger partial charge on any atom is 0.416 e. The molecule has 1 saturated heterocycles. The van der Waals surface area contributed by atoms with E-state index < -0.39 is 11.7 Å². The van der Waals surface area contributed by atoms with Crippen LogP contribution in [-0.4, -0.2) is 48.6 Å². The Labute approximate surface area is 168 Å². The Kier molecular flexibility index (Phi) is 6.74. The Balaban J connectivity index is 1.57. The molecule has 0 spiro atoms. The lowest BCUT2D eigenvalue weighted by molar-refractivity contribution is -0.137. The van der Waals surface area contributed by atoms with E-state index in [1.165, 1.54) is 6.20 Å². The number of alkyl halides is 3. The van der Waals surface area contributed by atoms with Gasteiger partial charge in [-0.25, -0.2) is 9.78 Å². The van der Waals surface area contributed by atoms with Gasteiger partial charge in [0.15, 0.2) is 0 Å². The minimum Gasteiger partial charge on any atom is -0.462 e. The van der Waals surface area contributed by atoms with Gasteiger partial charge in [-0.15, -0.1) is 0 Å². The van der Waals surface area contributed by atoms with Crippen molar-refractivity contribution in [3.63, 3.8) is 0 Å². The van der Waals surface area contributed by atoms with Gasteiger partial charge < -0.3 is 9.64 Å². The van der Waals surface area contributed by atoms with E-state index in [0.717, 1.165) is 56.1 Å². The first kappa shape index (κ1) is 21.1. The van der Waals surface area contributed by atoms with Crippen LogP contribution in [0, 0.1) is 0 Å². The van der Waals surface area contributed by atoms with Gasteiger partial charge in [0, 0.05) is 38.9 Å². The fourth-order valence-corrected chi connectivity index (χ4v) is 3.32. The van der Waals surface area contributed by atoms with E-state index in [0.29, 0.717) is 18.7 Å². The first-order chi connectivity index (χ1) is 13.9. The van der Waals surface area contributed by atoms with Crippen molar-refractivity contribution in [2.75, 3.05) is 37.7 Å². The Bertz CT molecular complexity index is 807. The van der Waals surface area contributed by atoms with Crippen LogP contribution in [0.2, 0.25) is 0 Å². The van der Waals surface area contributed by atoms with E-state index in [4.69, 9.17) is 4.74 Å². The molecule has 0 N–H and O–H groups in total. The highest BCUT2D eigenvalue weighted by atomic mass is 19.4. The highest BCUT2D eigenvalue weighted by Crippen LogP contribution is 2.29. The second-order valence-corrected chi connectivity index (χ2v) is 6.94. The molecular weight excluding hydrogens is 383 g/mol. The number of carbonyl (C=O) groups is 1. The number of pyridine rings is 1. The molecule has 1 fully saturated rings. The van der Waals surface area contributed by atoms with Crippen LogP contribution in [0.1, 0.15) is 34.8 Å². The van der Waals surface area contributed by atoms with E-state index in [1.807, 2.05) is 6.07 Å². The number of aromatic nitrogens is 1. The predicted molar refractivity (Wildman–Crippen MR) is 104 cm³/mol. The van der Waals surface area contributed by atoms with Crippen LogP contribution >= 0.6 is 0 Å². The third kappa shape index (κ3) is 5.69. The van der Waals surface area contributed by atoms with Gasteiger partial charge in [-0.2, -0.15) is 13.2 Å². The van der Waals surface area contributed by atoms with Gasteiger partial charge in [-0.05, 0) is 43.2 Å². The number of benzene rings is 1. The Morgan fingerprint density at radius 3 is 2.45 bits per heavy atom. The van der Waals surface area contributed by atoms with E-state index in [1.54, 1.807) is 25.1 Å². The Morgan fingerprint density at radius 2 is 1.83 bits per heavy atom. The highest BCUT2D eigenvalue weighted by molar-refractivity contribution is 5.89. The molecule has 1 aliphatic heterocycles. The van der Waals surface area contributed by atoms with E-state index in [-0.39, 0.29) is 5.97 Å². The van der Waals surface area contributed by atoms with Crippen LogP contribution in [0.4, 0.5) is 19.0 Å². The van der Waals surface area contributed by atoms with E-state index in [9.17, 15) is 18.0 Å². The zero-order valence-corrected chi connectivity index (χ0v) is 16.3. The Morgan fingerprint density at radius 1 is 1.07 bits per heavy atom. The van der Waals surface area contributed by atoms with Gasteiger partial charge in [0.05, 0.1) is 17.7 Å². The number of halogens is 3. The molecule has 0 atom stereocenters. The minimum absolute atomic E-state index is 0.321. The summed E-state index contributed by atoms with van der Waals surface area (Å²) in [5.41, 5.74) is 0.665. The highest BCUT2D eigenvalue weighted by Gasteiger charge is 2.30. The molecule has 0 unspecified atom stereocenters. The van der Waals surface area contributed by atoms with Gasteiger partial charge in [0.1, 0.15) is 5.82 Å². The molecule has 2 aromatic rings. The summed E-state index contributed by atoms with van der Waals surface area (Å²) in [6.07, 6.45) is -1.86. The van der Waals surface area contributed by atoms with Crippen LogP contribution in [0.5, 0.6) is 0 Å². The molecule has 0 bridgehead atoms. The third-order valence-electron chi connectivity index (χ3n) is 4.86. The molecule has 1 aromatic heterocycles. The van der Waals surface area contributed by atoms with Gasteiger partial charge in [-0.1, -0.05) is 12.1 Å². The molecule has 1 aromatic carbocycles. The zero-order valence-electron chi connectivity index (χ0n) is 16.3. The summed E-state index contributed by atoms with van der Waals surface area (Å²) in [6, 6.07) is 8.88. The van der Waals surface area contributed by atoms with E-state index in [2.05, 4.69) is 14.8 Å². The average molecular weight is 407 g/mol. The monoisotopic (exact) mass is 407 g/mol. The number of carbonyl (C=O) groups excluding carboxylic acids is 1. The normalized spacial score (nSPS) is 15.8. The molecule has 29 heavy (non-hydrogen) atoms. The smallest absolute Gasteiger partial charge is 0.416 e. The second-order valence-electron chi connectivity index (χ2n) is 6.94. The van der Waals surface area contributed by atoms with Gasteiger partial charge in [0.2, 0.25) is 0 Å². The summed E-state index contributed by atoms with van der Waals surface area (Å²) in [5, 5.41) is 0. The lowest BCUT2D eigenvalue weighted by Gasteiger charge is -2.23. The number of hydrogen-bond donors (Lipinski definition) is 0. The van der Waals surface area contributed by atoms with Crippen LogP contribution in [-0.2, 0) is 17.5 Å². The van der Waals surface area contributed by atoms with Crippen LogP contribution in [0.25, 0.3) is 0 Å². The molecule has 0 radical (unpaired) electrons. The molecule has 0 aliphatic carbocycles. The molecular formula is C21H24F3N3O2. The fraction of sp³-hybridized carbons (Fsp3) is 0.429. The fourth-order valence-electron chi connectivity index (χ4n) is 3.32. The van der Waals surface area contributed by atoms with Crippen molar-refractivity contribution in [1.82, 2.24) is 9.88 Å². The maximum atomic E-state index is 12.7. The number of anilines is 1. The molecule has 3 rings (SSSR count). The SMILES string of the molecule is CCOC(=O)c1ccc(N2CCCN(Cc3ccc(C(F)(F)F)cc3)CC2)nc1. The Hall–Kier alpha value is -2.61. The van der Waals surface area contributed by atoms with Crippen molar-refractivity contribution in [1.29, 1.82) is 0 Å². The quantitative estimate of drug-likeness (QED) is 0.702. The van der Waals surface area contributed by atoms with Crippen molar-refractivity contribution in [2.45, 2.75) is 26.1 Å². The zero-order chi connectivity index (χ0) is 20.9. The number of nitrogens with zero attached hydrogens (tertiary/aromatic N) is 3. The largest absolute Gasteiger partial charge is 0.462 e. The lowest BCUT2D eigenvalue weighted by Crippen LogP contribution is -2.31. The van der Waals surface area contributed by atoms with E-state index >= 15 is 0 Å². The number of ether oxygens (including phenoxy) is 1. The topological polar surface area (TPSA) is 45.7 Å². The average Bonchev–Trinajstić information content (AvgIpc) is 2.94. The standard InChI is InChI=1S/C21H24F3N3O2/c1-2-29-20(28)17-6-9-19(25-14-17)27-11-3-10-26(12-13-27)15-16-4-7-18(8-5-16)21(22,23)24/h4-9,14H,2-3,10-13,15H2,1H3. The summed E-state index contributed by atoms with van der Waals surface area (Å²) in [6.45, 7) is 5.92. The lowest BCUT2D eigenvalue weighted by atomic mass is 10.1. The van der Waals surface area contributed by atoms with Gasteiger partial charge in [0.25, 0.3) is 0 Å². The first-order valence-electron chi connectivity index (χ1n) is 9.63. The summed E-state index contributed by atoms with van der Waals surface area (Å²) >= 11 is 0. The minimum atomic E-state index is -4.31. The first-order valence-corrected chi connectivity index (χ1v) is 9.63. The molecule has 0 saturated carbocycles. The summed E-state index contributed by atoms with van der Waals surface area (Å²) in [4.78, 5) is 20.5. The number of rotatable bonds is 5. The summed E-state index contributed by atoms with van der Waals surface area (Å²) < 4.78 is 43.1. The van der Waals surface area contributed by atoms with Gasteiger partial charge >= 0.3 is 12.1 Å². The second kappa shape index (κ2) is 9.26. The molecule has 156 valence electrons. The van der Waals surface area contributed by atoms with Crippen LogP contribution in [0.15, 0.2) is 42.6 Å². The van der Waals surface area contributed by atoms with Crippen molar-refractivity contribution >= 4 is 11.8 Å². The van der Waals surface area contributed by atoms with Crippen molar-refractivity contribution < 1.29 is 22.7 Å². The molecule has 2 heterocycles. The number of esters is 1. The predicted octanol–water partition coefficient (Wildman–Crippen LogP) is 3.99. The van der Waals surface area contributed by atoms with Crippen molar-refractivity contribution in [3.8, 4) is 0 Å². The summed E-state index contributed by atoms with van der Waals surface area (Å²) in [5.74, 6) is 0.416. The molecule has 5 nitrogen and oxygen atoms in total.